The van der Waals surface area contributed by atoms with Gasteiger partial charge in [-0.05, 0) is 18.4 Å². The number of carbonyl (C=O) groups is 1. The van der Waals surface area contributed by atoms with Gasteiger partial charge in [0.05, 0.1) is 24.4 Å². The third-order valence-electron chi connectivity index (χ3n) is 3.45. The lowest BCUT2D eigenvalue weighted by atomic mass is 10.0. The molecule has 1 aromatic rings. The number of anilines is 1. The summed E-state index contributed by atoms with van der Waals surface area (Å²) in [7, 11) is 0. The van der Waals surface area contributed by atoms with Crippen molar-refractivity contribution in [3.05, 3.63) is 23.6 Å². The molecule has 0 aliphatic carbocycles. The van der Waals surface area contributed by atoms with Crippen LogP contribution in [0.1, 0.15) is 23.7 Å². The molecule has 0 aromatic carbocycles. The van der Waals surface area contributed by atoms with Gasteiger partial charge in [-0.15, -0.1) is 0 Å². The number of aliphatic hydroxyl groups excluding tert-OH is 1. The van der Waals surface area contributed by atoms with E-state index in [-0.39, 0.29) is 35.9 Å². The highest BCUT2D eigenvalue weighted by molar-refractivity contribution is 5.98. The van der Waals surface area contributed by atoms with Gasteiger partial charge >= 0.3 is 0 Å². The number of aliphatic hydroxyl groups is 1. The van der Waals surface area contributed by atoms with Crippen LogP contribution in [0.3, 0.4) is 0 Å². The smallest absolute Gasteiger partial charge is 0.258 e. The maximum Gasteiger partial charge on any atom is 0.258 e. The van der Waals surface area contributed by atoms with E-state index < -0.39 is 5.82 Å². The van der Waals surface area contributed by atoms with E-state index in [1.165, 1.54) is 4.90 Å². The molecule has 98 valence electrons. The fraction of sp³-hybridized carbons (Fsp3) is 0.500. The average Bonchev–Trinajstić information content (AvgIpc) is 2.72. The maximum atomic E-state index is 13.1. The number of hydrogen-bond donors (Lipinski definition) is 2. The molecule has 6 heteroatoms. The molecular weight excluding hydrogens is 237 g/mol. The topological polar surface area (TPSA) is 79.5 Å². The van der Waals surface area contributed by atoms with E-state index in [0.717, 1.165) is 18.7 Å². The lowest BCUT2D eigenvalue weighted by molar-refractivity contribution is 0.0648. The zero-order valence-corrected chi connectivity index (χ0v) is 10.1. The molecule has 0 bridgehead atoms. The summed E-state index contributed by atoms with van der Waals surface area (Å²) in [5, 5.41) is 9.31. The number of nitrogens with two attached hydrogens (primary N) is 1. The molecule has 1 aliphatic rings. The number of likely N-dealkylation sites (tertiary alicyclic amines) is 1. The number of nitrogen functional groups attached to an aromatic ring is 1. The normalized spacial score (nSPS) is 23.4. The molecule has 18 heavy (non-hydrogen) atoms. The molecule has 2 atom stereocenters. The van der Waals surface area contributed by atoms with Crippen molar-refractivity contribution in [2.24, 2.45) is 5.92 Å². The number of halogens is 1. The summed E-state index contributed by atoms with van der Waals surface area (Å²) in [6.07, 6.45) is 1.79. The summed E-state index contributed by atoms with van der Waals surface area (Å²) in [5.41, 5.74) is 5.65. The van der Waals surface area contributed by atoms with E-state index in [4.69, 9.17) is 5.73 Å². The lowest BCUT2D eigenvalue weighted by Crippen LogP contribution is -2.40. The Bertz CT molecular complexity index is 467. The Balaban J connectivity index is 2.28. The predicted molar refractivity (Wildman–Crippen MR) is 64.3 cm³/mol. The van der Waals surface area contributed by atoms with Gasteiger partial charge < -0.3 is 15.7 Å². The van der Waals surface area contributed by atoms with Crippen molar-refractivity contribution in [3.63, 3.8) is 0 Å². The molecule has 1 saturated heterocycles. The van der Waals surface area contributed by atoms with E-state index in [2.05, 4.69) is 4.98 Å². The standard InChI is InChI=1S/C12H16FN3O2/c1-7-2-3-16(10(7)6-17)12(18)9-4-8(13)5-15-11(9)14/h4-5,7,10,17H,2-3,6H2,1H3,(H2,14,15). The average molecular weight is 253 g/mol. The summed E-state index contributed by atoms with van der Waals surface area (Å²) < 4.78 is 13.1. The van der Waals surface area contributed by atoms with Crippen molar-refractivity contribution in [1.29, 1.82) is 0 Å². The van der Waals surface area contributed by atoms with Crippen LogP contribution in [0.2, 0.25) is 0 Å². The Morgan fingerprint density at radius 3 is 3.11 bits per heavy atom. The SMILES string of the molecule is CC1CCN(C(=O)c2cc(F)cnc2N)C1CO. The van der Waals surface area contributed by atoms with Crippen molar-refractivity contribution < 1.29 is 14.3 Å². The second-order valence-corrected chi connectivity index (χ2v) is 4.60. The molecule has 1 aliphatic heterocycles. The van der Waals surface area contributed by atoms with Gasteiger partial charge in [-0.25, -0.2) is 9.37 Å². The highest BCUT2D eigenvalue weighted by Crippen LogP contribution is 2.26. The van der Waals surface area contributed by atoms with Crippen LogP contribution >= 0.6 is 0 Å². The van der Waals surface area contributed by atoms with Crippen LogP contribution in [0.25, 0.3) is 0 Å². The molecule has 0 saturated carbocycles. The minimum atomic E-state index is -0.597. The van der Waals surface area contributed by atoms with Crippen LogP contribution in [-0.4, -0.2) is 40.1 Å². The number of carbonyl (C=O) groups excluding carboxylic acids is 1. The minimum Gasteiger partial charge on any atom is -0.394 e. The Kier molecular flexibility index (Phi) is 3.47. The van der Waals surface area contributed by atoms with Crippen LogP contribution < -0.4 is 5.73 Å². The summed E-state index contributed by atoms with van der Waals surface area (Å²) in [5.74, 6) is -0.734. The van der Waals surface area contributed by atoms with Crippen molar-refractivity contribution in [3.8, 4) is 0 Å². The van der Waals surface area contributed by atoms with Gasteiger partial charge in [-0.2, -0.15) is 0 Å². The third-order valence-corrected chi connectivity index (χ3v) is 3.45. The Hall–Kier alpha value is -1.69. The van der Waals surface area contributed by atoms with Crippen LogP contribution in [0.15, 0.2) is 12.3 Å². The second-order valence-electron chi connectivity index (χ2n) is 4.60. The Morgan fingerprint density at radius 1 is 1.72 bits per heavy atom. The van der Waals surface area contributed by atoms with Crippen molar-refractivity contribution in [2.45, 2.75) is 19.4 Å². The van der Waals surface area contributed by atoms with Crippen LogP contribution in [0.5, 0.6) is 0 Å². The first-order valence-electron chi connectivity index (χ1n) is 5.87. The zero-order chi connectivity index (χ0) is 13.3. The minimum absolute atomic E-state index is 0.0117. The lowest BCUT2D eigenvalue weighted by Gasteiger charge is -2.25. The van der Waals surface area contributed by atoms with Crippen molar-refractivity contribution in [1.82, 2.24) is 9.88 Å². The number of rotatable bonds is 2. The highest BCUT2D eigenvalue weighted by Gasteiger charge is 2.35. The van der Waals surface area contributed by atoms with Gasteiger partial charge in [0.15, 0.2) is 0 Å². The molecule has 3 N–H and O–H groups in total. The van der Waals surface area contributed by atoms with Gasteiger partial charge in [0, 0.05) is 6.54 Å². The Labute approximate surface area is 104 Å². The number of amides is 1. The largest absolute Gasteiger partial charge is 0.394 e. The van der Waals surface area contributed by atoms with E-state index in [1.54, 1.807) is 0 Å². The highest BCUT2D eigenvalue weighted by atomic mass is 19.1. The van der Waals surface area contributed by atoms with Gasteiger partial charge in [-0.1, -0.05) is 6.92 Å². The van der Waals surface area contributed by atoms with Gasteiger partial charge in [-0.3, -0.25) is 4.79 Å². The second kappa shape index (κ2) is 4.89. The monoisotopic (exact) mass is 253 g/mol. The van der Waals surface area contributed by atoms with E-state index >= 15 is 0 Å². The molecule has 2 rings (SSSR count). The van der Waals surface area contributed by atoms with Crippen LogP contribution in [-0.2, 0) is 0 Å². The van der Waals surface area contributed by atoms with Crippen molar-refractivity contribution in [2.75, 3.05) is 18.9 Å². The molecule has 1 aromatic heterocycles. The van der Waals surface area contributed by atoms with E-state index in [0.29, 0.717) is 6.54 Å². The zero-order valence-electron chi connectivity index (χ0n) is 10.1. The number of aromatic nitrogens is 1. The van der Waals surface area contributed by atoms with Crippen molar-refractivity contribution >= 4 is 11.7 Å². The maximum absolute atomic E-state index is 13.1. The fourth-order valence-corrected chi connectivity index (χ4v) is 2.31. The summed E-state index contributed by atoms with van der Waals surface area (Å²) in [6, 6.07) is 0.849. The van der Waals surface area contributed by atoms with Gasteiger partial charge in [0.2, 0.25) is 0 Å². The Morgan fingerprint density at radius 2 is 2.44 bits per heavy atom. The quantitative estimate of drug-likeness (QED) is 0.811. The third kappa shape index (κ3) is 2.15. The number of hydrogen-bond acceptors (Lipinski definition) is 4. The van der Waals surface area contributed by atoms with Gasteiger partial charge in [0.1, 0.15) is 11.6 Å². The summed E-state index contributed by atoms with van der Waals surface area (Å²) in [6.45, 7) is 2.41. The summed E-state index contributed by atoms with van der Waals surface area (Å²) in [4.78, 5) is 17.4. The molecule has 0 spiro atoms. The van der Waals surface area contributed by atoms with Gasteiger partial charge in [0.25, 0.3) is 5.91 Å². The molecule has 2 unspecified atom stereocenters. The molecule has 5 nitrogen and oxygen atoms in total. The summed E-state index contributed by atoms with van der Waals surface area (Å²) >= 11 is 0. The molecular formula is C12H16FN3O2. The first-order valence-corrected chi connectivity index (χ1v) is 5.87. The van der Waals surface area contributed by atoms with E-state index in [9.17, 15) is 14.3 Å². The number of nitrogens with zero attached hydrogens (tertiary/aromatic N) is 2. The first-order chi connectivity index (χ1) is 8.54. The van der Waals surface area contributed by atoms with E-state index in [1.807, 2.05) is 6.92 Å². The molecule has 0 radical (unpaired) electrons. The molecule has 1 amide bonds. The van der Waals surface area contributed by atoms with Crippen LogP contribution in [0, 0.1) is 11.7 Å². The molecule has 1 fully saturated rings. The van der Waals surface area contributed by atoms with Crippen LogP contribution in [0.4, 0.5) is 10.2 Å². The predicted octanol–water partition coefficient (Wildman–Crippen LogP) is 0.646. The first kappa shape index (κ1) is 12.8. The fourth-order valence-electron chi connectivity index (χ4n) is 2.31. The molecule has 2 heterocycles. The number of pyridine rings is 1.